The molecule has 1 saturated carbocycles. The van der Waals surface area contributed by atoms with Gasteiger partial charge >= 0.3 is 0 Å². The van der Waals surface area contributed by atoms with Crippen LogP contribution in [0.2, 0.25) is 0 Å². The van der Waals surface area contributed by atoms with Crippen LogP contribution in [-0.4, -0.2) is 55.5 Å². The highest BCUT2D eigenvalue weighted by Crippen LogP contribution is 2.33. The second-order valence-electron chi connectivity index (χ2n) is 9.38. The summed E-state index contributed by atoms with van der Waals surface area (Å²) in [6, 6.07) is 4.46. The maximum absolute atomic E-state index is 13.3. The first-order chi connectivity index (χ1) is 15.3. The molecule has 1 aliphatic carbocycles. The Balaban J connectivity index is 1.95. The molecule has 1 heterocycles. The Bertz CT molecular complexity index is 884. The minimum Gasteiger partial charge on any atom is -0.369 e. The zero-order valence-electron chi connectivity index (χ0n) is 20.8. The lowest BCUT2D eigenvalue weighted by molar-refractivity contribution is -0.122. The zero-order valence-corrected chi connectivity index (χ0v) is 20.8. The Labute approximate surface area is 195 Å². The van der Waals surface area contributed by atoms with Crippen molar-refractivity contribution < 1.29 is 4.79 Å². The lowest BCUT2D eigenvalue weighted by Gasteiger charge is -2.34. The molecule has 0 bridgehead atoms. The first kappa shape index (κ1) is 24.3. The van der Waals surface area contributed by atoms with Crippen molar-refractivity contribution in [3.63, 3.8) is 0 Å². The summed E-state index contributed by atoms with van der Waals surface area (Å²) in [6.45, 7) is 17.7. The van der Waals surface area contributed by atoms with Crippen molar-refractivity contribution in [2.75, 3.05) is 44.7 Å². The van der Waals surface area contributed by atoms with Crippen molar-refractivity contribution >= 4 is 17.2 Å². The predicted molar refractivity (Wildman–Crippen MR) is 137 cm³/mol. The maximum Gasteiger partial charge on any atom is 0.230 e. The predicted octanol–water partition coefficient (Wildman–Crippen LogP) is 5.57. The van der Waals surface area contributed by atoms with Gasteiger partial charge in [-0.3, -0.25) is 4.79 Å². The minimum absolute atomic E-state index is 0.181. The highest BCUT2D eigenvalue weighted by Gasteiger charge is 2.28. The molecule has 3 rings (SSSR count). The van der Waals surface area contributed by atoms with Crippen LogP contribution in [0.5, 0.6) is 0 Å². The number of anilines is 1. The molecule has 4 heteroatoms. The molecule has 1 aromatic rings. The number of likely N-dealkylation sites (N-methyl/N-ethyl adjacent to an activating group) is 1. The van der Waals surface area contributed by atoms with Gasteiger partial charge in [0.1, 0.15) is 0 Å². The fourth-order valence-corrected chi connectivity index (χ4v) is 4.90. The summed E-state index contributed by atoms with van der Waals surface area (Å²) < 4.78 is 0. The number of piperazine rings is 1. The summed E-state index contributed by atoms with van der Waals surface area (Å²) in [6.07, 6.45) is 10.9. The van der Waals surface area contributed by atoms with Crippen LogP contribution in [0.4, 0.5) is 5.69 Å². The Kier molecular flexibility index (Phi) is 8.36. The van der Waals surface area contributed by atoms with E-state index in [1.54, 1.807) is 0 Å². The summed E-state index contributed by atoms with van der Waals surface area (Å²) in [7, 11) is 2.17. The Hall–Kier alpha value is -2.33. The highest BCUT2D eigenvalue weighted by atomic mass is 16.2. The number of benzene rings is 1. The van der Waals surface area contributed by atoms with Crippen LogP contribution in [0.15, 0.2) is 42.6 Å². The molecule has 174 valence electrons. The third kappa shape index (κ3) is 5.53. The van der Waals surface area contributed by atoms with Gasteiger partial charge in [-0.15, -0.1) is 0 Å². The largest absolute Gasteiger partial charge is 0.369 e. The average Bonchev–Trinajstić information content (AvgIpc) is 3.32. The molecule has 1 amide bonds. The van der Waals surface area contributed by atoms with E-state index >= 15 is 0 Å². The zero-order chi connectivity index (χ0) is 23.3. The van der Waals surface area contributed by atoms with Gasteiger partial charge in [-0.2, -0.15) is 0 Å². The van der Waals surface area contributed by atoms with E-state index in [0.29, 0.717) is 12.5 Å². The fraction of sp³-hybridized carbons (Fsp3) is 0.536. The molecule has 1 saturated heterocycles. The Morgan fingerprint density at radius 2 is 1.81 bits per heavy atom. The summed E-state index contributed by atoms with van der Waals surface area (Å²) in [4.78, 5) is 20.1. The molecule has 0 radical (unpaired) electrons. The Morgan fingerprint density at radius 3 is 2.41 bits per heavy atom. The monoisotopic (exact) mass is 435 g/mol. The summed E-state index contributed by atoms with van der Waals surface area (Å²) in [5, 5.41) is 0. The van der Waals surface area contributed by atoms with Gasteiger partial charge in [0.2, 0.25) is 5.91 Å². The van der Waals surface area contributed by atoms with E-state index in [1.807, 2.05) is 4.90 Å². The number of hydrogen-bond acceptors (Lipinski definition) is 3. The maximum atomic E-state index is 13.3. The number of allylic oxidation sites excluding steroid dienone is 4. The van der Waals surface area contributed by atoms with Gasteiger partial charge in [0.25, 0.3) is 0 Å². The highest BCUT2D eigenvalue weighted by molar-refractivity contribution is 5.96. The van der Waals surface area contributed by atoms with E-state index in [9.17, 15) is 4.79 Å². The van der Waals surface area contributed by atoms with E-state index in [-0.39, 0.29) is 5.92 Å². The van der Waals surface area contributed by atoms with Crippen molar-refractivity contribution in [2.24, 2.45) is 5.92 Å². The number of amides is 1. The molecule has 0 spiro atoms. The molecule has 2 fully saturated rings. The number of aryl methyl sites for hydroxylation is 1. The van der Waals surface area contributed by atoms with Crippen LogP contribution in [-0.2, 0) is 4.79 Å². The van der Waals surface area contributed by atoms with E-state index in [1.165, 1.54) is 24.0 Å². The quantitative estimate of drug-likeness (QED) is 0.524. The number of nitrogens with zero attached hydrogens (tertiary/aromatic N) is 3. The number of rotatable bonds is 7. The third-order valence-electron chi connectivity index (χ3n) is 7.13. The number of carbonyl (C=O) groups excluding carboxylic acids is 1. The van der Waals surface area contributed by atoms with Gasteiger partial charge < -0.3 is 14.7 Å². The summed E-state index contributed by atoms with van der Waals surface area (Å²) in [5.41, 5.74) is 6.81. The minimum atomic E-state index is 0.181. The summed E-state index contributed by atoms with van der Waals surface area (Å²) >= 11 is 0. The van der Waals surface area contributed by atoms with E-state index < -0.39 is 0 Å². The first-order valence-corrected chi connectivity index (χ1v) is 12.3. The molecule has 0 atom stereocenters. The van der Waals surface area contributed by atoms with Gasteiger partial charge in [-0.1, -0.05) is 37.6 Å². The van der Waals surface area contributed by atoms with Crippen molar-refractivity contribution in [2.45, 2.75) is 53.4 Å². The molecule has 2 aliphatic rings. The van der Waals surface area contributed by atoms with Crippen molar-refractivity contribution in [1.29, 1.82) is 0 Å². The fourth-order valence-electron chi connectivity index (χ4n) is 4.90. The third-order valence-corrected chi connectivity index (χ3v) is 7.13. The van der Waals surface area contributed by atoms with Crippen LogP contribution in [0, 0.1) is 19.8 Å². The summed E-state index contributed by atoms with van der Waals surface area (Å²) in [5.74, 6) is 0.476. The molecule has 0 unspecified atom stereocenters. The van der Waals surface area contributed by atoms with Crippen LogP contribution in [0.25, 0.3) is 5.57 Å². The van der Waals surface area contributed by atoms with Crippen LogP contribution >= 0.6 is 0 Å². The molecule has 4 nitrogen and oxygen atoms in total. The molecular formula is C28H41N3O. The van der Waals surface area contributed by atoms with E-state index in [2.05, 4.69) is 81.5 Å². The van der Waals surface area contributed by atoms with Crippen LogP contribution in [0.3, 0.4) is 0 Å². The van der Waals surface area contributed by atoms with Crippen LogP contribution < -0.4 is 4.90 Å². The average molecular weight is 436 g/mol. The first-order valence-electron chi connectivity index (χ1n) is 12.3. The molecule has 32 heavy (non-hydrogen) atoms. The smallest absolute Gasteiger partial charge is 0.230 e. The van der Waals surface area contributed by atoms with Gasteiger partial charge in [-0.25, -0.2) is 0 Å². The van der Waals surface area contributed by atoms with Crippen LogP contribution in [0.1, 0.15) is 56.2 Å². The Morgan fingerprint density at radius 1 is 1.16 bits per heavy atom. The van der Waals surface area contributed by atoms with Gasteiger partial charge in [0.05, 0.1) is 0 Å². The topological polar surface area (TPSA) is 26.8 Å². The lowest BCUT2D eigenvalue weighted by Crippen LogP contribution is -2.43. The van der Waals surface area contributed by atoms with E-state index in [0.717, 1.165) is 61.5 Å². The molecule has 1 aromatic carbocycles. The molecule has 1 aliphatic heterocycles. The molecular weight excluding hydrogens is 394 g/mol. The molecule has 0 N–H and O–H groups in total. The lowest BCUT2D eigenvalue weighted by atomic mass is 9.96. The standard InChI is InChI=1S/C28H41N3O/c1-7-11-25(19-22(4)30-16-14-29(6)15-17-30)26-18-21(3)23(5)27(20-26)31(8-2)28(32)24-12-9-10-13-24/h7,11,18-20,24H,4,8-10,12-17H2,1-3,5-6H3/b11-7-,25-19+. The van der Waals surface area contributed by atoms with Gasteiger partial charge in [-0.05, 0) is 82.0 Å². The SMILES string of the molecule is C=C(/C=C(\C=C/C)c1cc(C)c(C)c(N(CC)C(=O)C2CCCC2)c1)N1CCN(C)CC1. The number of carbonyl (C=O) groups is 1. The van der Waals surface area contributed by atoms with Crippen molar-refractivity contribution in [1.82, 2.24) is 9.80 Å². The normalized spacial score (nSPS) is 18.5. The van der Waals surface area contributed by atoms with Gasteiger partial charge in [0, 0.05) is 50.0 Å². The second kappa shape index (κ2) is 11.0. The van der Waals surface area contributed by atoms with Gasteiger partial charge in [0.15, 0.2) is 0 Å². The second-order valence-corrected chi connectivity index (χ2v) is 9.38. The van der Waals surface area contributed by atoms with Crippen molar-refractivity contribution in [3.8, 4) is 0 Å². The molecule has 0 aromatic heterocycles. The van der Waals surface area contributed by atoms with Crippen molar-refractivity contribution in [3.05, 3.63) is 59.3 Å². The number of hydrogen-bond donors (Lipinski definition) is 0. The van der Waals surface area contributed by atoms with E-state index in [4.69, 9.17) is 0 Å².